The van der Waals surface area contributed by atoms with Gasteiger partial charge in [0.05, 0.1) is 27.2 Å². The molecule has 0 aromatic heterocycles. The van der Waals surface area contributed by atoms with E-state index in [1.54, 1.807) is 13.0 Å². The maximum absolute atomic E-state index is 12.3. The molecule has 108 valence electrons. The van der Waals surface area contributed by atoms with E-state index in [0.717, 1.165) is 0 Å². The predicted octanol–water partition coefficient (Wildman–Crippen LogP) is 2.90. The molecule has 0 aliphatic heterocycles. The zero-order valence-corrected chi connectivity index (χ0v) is 12.7. The summed E-state index contributed by atoms with van der Waals surface area (Å²) in [7, 11) is -3.80. The van der Waals surface area contributed by atoms with Crippen molar-refractivity contribution in [2.45, 2.75) is 11.8 Å². The van der Waals surface area contributed by atoms with Crippen molar-refractivity contribution < 1.29 is 8.42 Å². The molecule has 0 atom stereocenters. The number of nitriles is 1. The molecule has 0 heterocycles. The van der Waals surface area contributed by atoms with Gasteiger partial charge in [-0.15, -0.1) is 0 Å². The van der Waals surface area contributed by atoms with Crippen LogP contribution in [-0.2, 0) is 10.0 Å². The first kappa shape index (κ1) is 15.2. The van der Waals surface area contributed by atoms with Crippen molar-refractivity contribution in [2.24, 2.45) is 0 Å². The quantitative estimate of drug-likeness (QED) is 0.849. The number of nitrogens with zero attached hydrogens (tertiary/aromatic N) is 1. The van der Waals surface area contributed by atoms with Crippen LogP contribution < -0.4 is 10.5 Å². The zero-order chi connectivity index (χ0) is 15.6. The van der Waals surface area contributed by atoms with Gasteiger partial charge in [0, 0.05) is 5.69 Å². The molecule has 0 radical (unpaired) electrons. The van der Waals surface area contributed by atoms with E-state index in [4.69, 9.17) is 22.6 Å². The third-order valence-electron chi connectivity index (χ3n) is 2.86. The van der Waals surface area contributed by atoms with Crippen LogP contribution >= 0.6 is 11.6 Å². The molecule has 2 aromatic carbocycles. The van der Waals surface area contributed by atoms with Gasteiger partial charge in [0.25, 0.3) is 10.0 Å². The second-order valence-electron chi connectivity index (χ2n) is 4.43. The van der Waals surface area contributed by atoms with Gasteiger partial charge in [0.1, 0.15) is 0 Å². The first-order valence-electron chi connectivity index (χ1n) is 5.92. The molecule has 0 amide bonds. The summed E-state index contributed by atoms with van der Waals surface area (Å²) >= 11 is 5.94. The van der Waals surface area contributed by atoms with Crippen molar-refractivity contribution in [3.05, 3.63) is 52.5 Å². The largest absolute Gasteiger partial charge is 0.399 e. The van der Waals surface area contributed by atoms with E-state index in [0.29, 0.717) is 16.8 Å². The summed E-state index contributed by atoms with van der Waals surface area (Å²) in [5.74, 6) is 0. The highest BCUT2D eigenvalue weighted by molar-refractivity contribution is 7.92. The molecule has 0 spiro atoms. The highest BCUT2D eigenvalue weighted by Gasteiger charge is 2.17. The monoisotopic (exact) mass is 321 g/mol. The standard InChI is InChI=1S/C14H12ClN3O2S/c1-9-6-12(4-2-10(9)8-16)21(19,20)18-14-7-11(17)3-5-13(14)15/h2-7,18H,17H2,1H3. The third-order valence-corrected chi connectivity index (χ3v) is 4.56. The Balaban J connectivity index is 2.41. The minimum absolute atomic E-state index is 0.0532. The number of anilines is 2. The molecule has 7 heteroatoms. The van der Waals surface area contributed by atoms with Gasteiger partial charge in [0.2, 0.25) is 0 Å². The summed E-state index contributed by atoms with van der Waals surface area (Å²) in [5, 5.41) is 9.12. The van der Waals surface area contributed by atoms with Crippen molar-refractivity contribution in [3.8, 4) is 6.07 Å². The van der Waals surface area contributed by atoms with Gasteiger partial charge in [0.15, 0.2) is 0 Å². The van der Waals surface area contributed by atoms with Crippen LogP contribution in [-0.4, -0.2) is 8.42 Å². The Hall–Kier alpha value is -2.23. The average molecular weight is 322 g/mol. The summed E-state index contributed by atoms with van der Waals surface area (Å²) in [4.78, 5) is 0.0532. The second kappa shape index (κ2) is 5.64. The van der Waals surface area contributed by atoms with Crippen LogP contribution in [0.15, 0.2) is 41.3 Å². The molecule has 2 aromatic rings. The Morgan fingerprint density at radius 3 is 2.57 bits per heavy atom. The van der Waals surface area contributed by atoms with Crippen molar-refractivity contribution in [1.29, 1.82) is 5.26 Å². The molecule has 0 aliphatic carbocycles. The maximum atomic E-state index is 12.3. The Bertz CT molecular complexity index is 842. The number of aryl methyl sites for hydroxylation is 1. The summed E-state index contributed by atoms with van der Waals surface area (Å²) in [6, 6.07) is 10.8. The second-order valence-corrected chi connectivity index (χ2v) is 6.52. The topological polar surface area (TPSA) is 96.0 Å². The Kier molecular flexibility index (Phi) is 4.07. The van der Waals surface area contributed by atoms with Crippen LogP contribution in [0, 0.1) is 18.3 Å². The van der Waals surface area contributed by atoms with E-state index in [1.165, 1.54) is 30.3 Å². The molecule has 0 aliphatic rings. The third kappa shape index (κ3) is 3.27. The van der Waals surface area contributed by atoms with E-state index in [2.05, 4.69) is 4.72 Å². The Labute approximate surface area is 128 Å². The van der Waals surface area contributed by atoms with Crippen molar-refractivity contribution >= 4 is 33.0 Å². The number of rotatable bonds is 3. The number of nitrogens with two attached hydrogens (primary N) is 1. The maximum Gasteiger partial charge on any atom is 0.261 e. The molecule has 0 bridgehead atoms. The normalized spacial score (nSPS) is 10.9. The van der Waals surface area contributed by atoms with Gasteiger partial charge in [-0.2, -0.15) is 5.26 Å². The van der Waals surface area contributed by atoms with E-state index in [-0.39, 0.29) is 15.6 Å². The minimum Gasteiger partial charge on any atom is -0.399 e. The molecule has 21 heavy (non-hydrogen) atoms. The first-order valence-corrected chi connectivity index (χ1v) is 7.78. The number of sulfonamides is 1. The molecule has 5 nitrogen and oxygen atoms in total. The molecular formula is C14H12ClN3O2S. The van der Waals surface area contributed by atoms with E-state index in [1.807, 2.05) is 6.07 Å². The van der Waals surface area contributed by atoms with Crippen LogP contribution in [0.5, 0.6) is 0 Å². The Morgan fingerprint density at radius 2 is 1.95 bits per heavy atom. The lowest BCUT2D eigenvalue weighted by Crippen LogP contribution is -2.13. The van der Waals surface area contributed by atoms with Crippen LogP contribution in [0.2, 0.25) is 5.02 Å². The minimum atomic E-state index is -3.80. The lowest BCUT2D eigenvalue weighted by molar-refractivity contribution is 0.601. The molecule has 0 fully saturated rings. The van der Waals surface area contributed by atoms with E-state index in [9.17, 15) is 8.42 Å². The summed E-state index contributed by atoms with van der Waals surface area (Å²) in [5.41, 5.74) is 7.23. The number of benzene rings is 2. The van der Waals surface area contributed by atoms with Gasteiger partial charge in [-0.25, -0.2) is 8.42 Å². The number of halogens is 1. The predicted molar refractivity (Wildman–Crippen MR) is 82.6 cm³/mol. The summed E-state index contributed by atoms with van der Waals surface area (Å²) in [6.07, 6.45) is 0. The van der Waals surface area contributed by atoms with Gasteiger partial charge >= 0.3 is 0 Å². The molecule has 0 saturated heterocycles. The summed E-state index contributed by atoms with van der Waals surface area (Å²) < 4.78 is 27.0. The van der Waals surface area contributed by atoms with Gasteiger partial charge < -0.3 is 5.73 Å². The number of nitrogen functional groups attached to an aromatic ring is 1. The first-order chi connectivity index (χ1) is 9.83. The van der Waals surface area contributed by atoms with Crippen molar-refractivity contribution in [2.75, 3.05) is 10.5 Å². The van der Waals surface area contributed by atoms with Crippen molar-refractivity contribution in [1.82, 2.24) is 0 Å². The average Bonchev–Trinajstić information content (AvgIpc) is 2.42. The highest BCUT2D eigenvalue weighted by atomic mass is 35.5. The number of hydrogen-bond acceptors (Lipinski definition) is 4. The fourth-order valence-corrected chi connectivity index (χ4v) is 3.13. The molecule has 0 saturated carbocycles. The number of nitrogens with one attached hydrogen (secondary N) is 1. The molecule has 3 N–H and O–H groups in total. The van der Waals surface area contributed by atoms with Gasteiger partial charge in [-0.05, 0) is 48.9 Å². The van der Waals surface area contributed by atoms with Gasteiger partial charge in [-0.3, -0.25) is 4.72 Å². The van der Waals surface area contributed by atoms with E-state index < -0.39 is 10.0 Å². The summed E-state index contributed by atoms with van der Waals surface area (Å²) in [6.45, 7) is 1.67. The van der Waals surface area contributed by atoms with Crippen LogP contribution in [0.3, 0.4) is 0 Å². The smallest absolute Gasteiger partial charge is 0.261 e. The number of hydrogen-bond donors (Lipinski definition) is 2. The van der Waals surface area contributed by atoms with Crippen LogP contribution in [0.4, 0.5) is 11.4 Å². The molecule has 2 rings (SSSR count). The van der Waals surface area contributed by atoms with Gasteiger partial charge in [-0.1, -0.05) is 11.6 Å². The lowest BCUT2D eigenvalue weighted by Gasteiger charge is -2.11. The molecular weight excluding hydrogens is 310 g/mol. The van der Waals surface area contributed by atoms with E-state index >= 15 is 0 Å². The Morgan fingerprint density at radius 1 is 1.24 bits per heavy atom. The highest BCUT2D eigenvalue weighted by Crippen LogP contribution is 2.27. The molecule has 0 unspecified atom stereocenters. The SMILES string of the molecule is Cc1cc(S(=O)(=O)Nc2cc(N)ccc2Cl)ccc1C#N. The van der Waals surface area contributed by atoms with Crippen LogP contribution in [0.1, 0.15) is 11.1 Å². The van der Waals surface area contributed by atoms with Crippen molar-refractivity contribution in [3.63, 3.8) is 0 Å². The zero-order valence-electron chi connectivity index (χ0n) is 11.1. The lowest BCUT2D eigenvalue weighted by atomic mass is 10.1. The fourth-order valence-electron chi connectivity index (χ4n) is 1.75. The fraction of sp³-hybridized carbons (Fsp3) is 0.0714. The van der Waals surface area contributed by atoms with Crippen LogP contribution in [0.25, 0.3) is 0 Å².